The average molecular weight is 417 g/mol. The topological polar surface area (TPSA) is 9.23 Å². The van der Waals surface area contributed by atoms with Crippen LogP contribution in [0, 0.1) is 3.57 Å². The van der Waals surface area contributed by atoms with Gasteiger partial charge >= 0.3 is 0 Å². The van der Waals surface area contributed by atoms with E-state index >= 15 is 0 Å². The van der Waals surface area contributed by atoms with Crippen molar-refractivity contribution in [3.05, 3.63) is 62.2 Å². The maximum atomic E-state index is 6.24. The highest BCUT2D eigenvalue weighted by Gasteiger charge is 2.15. The van der Waals surface area contributed by atoms with Crippen molar-refractivity contribution in [2.24, 2.45) is 0 Å². The molecule has 0 atom stereocenters. The second kappa shape index (κ2) is 6.50. The maximum absolute atomic E-state index is 6.24. The van der Waals surface area contributed by atoms with Gasteiger partial charge in [-0.1, -0.05) is 23.7 Å². The summed E-state index contributed by atoms with van der Waals surface area (Å²) in [6.07, 6.45) is 0.850. The van der Waals surface area contributed by atoms with Gasteiger partial charge in [-0.3, -0.25) is 0 Å². The fraction of sp³-hybridized carbons (Fsp3) is 0.250. The summed E-state index contributed by atoms with van der Waals surface area (Å²) in [7, 11) is -1.53. The van der Waals surface area contributed by atoms with Crippen molar-refractivity contribution in [2.75, 3.05) is 0 Å². The van der Waals surface area contributed by atoms with E-state index in [9.17, 15) is 0 Å². The molecule has 106 valence electrons. The molecule has 0 N–H and O–H groups in total. The molecule has 0 saturated carbocycles. The normalized spacial score (nSPS) is 11.4. The lowest BCUT2D eigenvalue weighted by Crippen LogP contribution is -2.29. The van der Waals surface area contributed by atoms with Gasteiger partial charge in [0.25, 0.3) is 0 Å². The van der Waals surface area contributed by atoms with Gasteiger partial charge in [-0.25, -0.2) is 0 Å². The Morgan fingerprint density at radius 3 is 2.30 bits per heavy atom. The molecule has 1 nitrogen and oxygen atoms in total. The zero-order valence-corrected chi connectivity index (χ0v) is 15.8. The number of rotatable bonds is 4. The van der Waals surface area contributed by atoms with Gasteiger partial charge < -0.3 is 4.43 Å². The fourth-order valence-electron chi connectivity index (χ4n) is 1.93. The van der Waals surface area contributed by atoms with Crippen LogP contribution in [0.4, 0.5) is 0 Å². The quantitative estimate of drug-likeness (QED) is 0.455. The molecule has 20 heavy (non-hydrogen) atoms. The number of halogens is 2. The first-order valence-electron chi connectivity index (χ1n) is 6.55. The van der Waals surface area contributed by atoms with Crippen molar-refractivity contribution < 1.29 is 4.43 Å². The van der Waals surface area contributed by atoms with E-state index < -0.39 is 8.32 Å². The van der Waals surface area contributed by atoms with Gasteiger partial charge in [0, 0.05) is 8.59 Å². The minimum atomic E-state index is -1.53. The monoisotopic (exact) mass is 416 g/mol. The molecule has 0 radical (unpaired) electrons. The lowest BCUT2D eigenvalue weighted by molar-refractivity contribution is 0.557. The fourth-order valence-corrected chi connectivity index (χ4v) is 3.51. The standard InChI is InChI=1S/C16H18ClIOSi/c1-20(2,3)19-15-7-4-12(5-8-15)10-13-11-14(18)6-9-16(13)17/h4-9,11H,10H2,1-3H3. The maximum Gasteiger partial charge on any atom is 0.242 e. The first kappa shape index (κ1) is 15.9. The molecule has 4 heteroatoms. The lowest BCUT2D eigenvalue weighted by atomic mass is 10.1. The van der Waals surface area contributed by atoms with Crippen molar-refractivity contribution in [3.63, 3.8) is 0 Å². The van der Waals surface area contributed by atoms with Gasteiger partial charge in [-0.05, 0) is 90.1 Å². The van der Waals surface area contributed by atoms with Crippen LogP contribution in [-0.4, -0.2) is 8.32 Å². The Balaban J connectivity index is 2.13. The van der Waals surface area contributed by atoms with E-state index in [1.165, 1.54) is 9.13 Å². The molecule has 0 saturated heterocycles. The van der Waals surface area contributed by atoms with E-state index in [2.05, 4.69) is 72.6 Å². The molecule has 0 aliphatic heterocycles. The van der Waals surface area contributed by atoms with Crippen LogP contribution in [-0.2, 0) is 6.42 Å². The van der Waals surface area contributed by atoms with E-state index in [1.54, 1.807) is 0 Å². The second-order valence-electron chi connectivity index (χ2n) is 5.77. The summed E-state index contributed by atoms with van der Waals surface area (Å²) in [6, 6.07) is 14.5. The first-order valence-corrected chi connectivity index (χ1v) is 11.4. The van der Waals surface area contributed by atoms with Crippen LogP contribution in [0.3, 0.4) is 0 Å². The van der Waals surface area contributed by atoms with Crippen LogP contribution in [0.25, 0.3) is 0 Å². The van der Waals surface area contributed by atoms with Crippen molar-refractivity contribution in [1.82, 2.24) is 0 Å². The summed E-state index contributed by atoms with van der Waals surface area (Å²) in [5.41, 5.74) is 2.41. The van der Waals surface area contributed by atoms with Gasteiger partial charge in [0.15, 0.2) is 0 Å². The number of benzene rings is 2. The van der Waals surface area contributed by atoms with Crippen LogP contribution < -0.4 is 4.43 Å². The molecule has 2 rings (SSSR count). The van der Waals surface area contributed by atoms with Crippen LogP contribution >= 0.6 is 34.2 Å². The predicted molar refractivity (Wildman–Crippen MR) is 97.4 cm³/mol. The van der Waals surface area contributed by atoms with Gasteiger partial charge in [0.1, 0.15) is 5.75 Å². The Morgan fingerprint density at radius 2 is 1.70 bits per heavy atom. The Kier molecular flexibility index (Phi) is 5.15. The summed E-state index contributed by atoms with van der Waals surface area (Å²) < 4.78 is 7.17. The predicted octanol–water partition coefficient (Wildman–Crippen LogP) is 5.75. The zero-order chi connectivity index (χ0) is 14.8. The van der Waals surface area contributed by atoms with E-state index in [0.29, 0.717) is 0 Å². The minimum Gasteiger partial charge on any atom is -0.544 e. The number of hydrogen-bond donors (Lipinski definition) is 0. The molecule has 0 fully saturated rings. The molecule has 0 unspecified atom stereocenters. The first-order chi connectivity index (χ1) is 9.33. The summed E-state index contributed by atoms with van der Waals surface area (Å²) in [5, 5.41) is 0.827. The molecule has 0 spiro atoms. The SMILES string of the molecule is C[Si](C)(C)Oc1ccc(Cc2cc(I)ccc2Cl)cc1. The summed E-state index contributed by atoms with van der Waals surface area (Å²) in [4.78, 5) is 0. The molecule has 0 aromatic heterocycles. The molecule has 2 aromatic carbocycles. The zero-order valence-electron chi connectivity index (χ0n) is 11.9. The Bertz CT molecular complexity index is 590. The molecular weight excluding hydrogens is 399 g/mol. The highest BCUT2D eigenvalue weighted by molar-refractivity contribution is 14.1. The van der Waals surface area contributed by atoms with E-state index in [4.69, 9.17) is 16.0 Å². The van der Waals surface area contributed by atoms with Crippen molar-refractivity contribution in [2.45, 2.75) is 26.1 Å². The van der Waals surface area contributed by atoms with E-state index in [0.717, 1.165) is 22.8 Å². The molecule has 2 aromatic rings. The lowest BCUT2D eigenvalue weighted by Gasteiger charge is -2.19. The molecule has 0 aliphatic carbocycles. The van der Waals surface area contributed by atoms with E-state index in [-0.39, 0.29) is 0 Å². The van der Waals surface area contributed by atoms with Crippen LogP contribution in [0.15, 0.2) is 42.5 Å². The largest absolute Gasteiger partial charge is 0.544 e. The molecular formula is C16H18ClIOSi. The Morgan fingerprint density at radius 1 is 1.05 bits per heavy atom. The molecule has 0 bridgehead atoms. The Labute approximate surface area is 140 Å². The molecule has 0 aliphatic rings. The van der Waals surface area contributed by atoms with Crippen LogP contribution in [0.1, 0.15) is 11.1 Å². The van der Waals surface area contributed by atoms with Crippen molar-refractivity contribution in [1.29, 1.82) is 0 Å². The summed E-state index contributed by atoms with van der Waals surface area (Å²) in [6.45, 7) is 6.56. The third-order valence-corrected chi connectivity index (χ3v) is 4.64. The minimum absolute atomic E-state index is 0.827. The third-order valence-electron chi connectivity index (χ3n) is 2.75. The van der Waals surface area contributed by atoms with Crippen LogP contribution in [0.2, 0.25) is 24.7 Å². The summed E-state index contributed by atoms with van der Waals surface area (Å²) >= 11 is 8.55. The number of hydrogen-bond acceptors (Lipinski definition) is 1. The van der Waals surface area contributed by atoms with Crippen LogP contribution in [0.5, 0.6) is 5.75 Å². The summed E-state index contributed by atoms with van der Waals surface area (Å²) in [5.74, 6) is 0.960. The highest BCUT2D eigenvalue weighted by Crippen LogP contribution is 2.23. The average Bonchev–Trinajstić information content (AvgIpc) is 2.34. The second-order valence-corrected chi connectivity index (χ2v) is 11.9. The highest BCUT2D eigenvalue weighted by atomic mass is 127. The van der Waals surface area contributed by atoms with Crippen molar-refractivity contribution in [3.8, 4) is 5.75 Å². The smallest absolute Gasteiger partial charge is 0.242 e. The Hall–Kier alpha value is -0.523. The van der Waals surface area contributed by atoms with Gasteiger partial charge in [-0.15, -0.1) is 0 Å². The van der Waals surface area contributed by atoms with E-state index in [1.807, 2.05) is 12.1 Å². The van der Waals surface area contributed by atoms with Crippen molar-refractivity contribution >= 4 is 42.5 Å². The molecule has 0 amide bonds. The van der Waals surface area contributed by atoms with Gasteiger partial charge in [-0.2, -0.15) is 0 Å². The third kappa shape index (κ3) is 4.79. The van der Waals surface area contributed by atoms with Gasteiger partial charge in [0.2, 0.25) is 8.32 Å². The van der Waals surface area contributed by atoms with Gasteiger partial charge in [0.05, 0.1) is 0 Å². The molecule has 0 heterocycles.